The topological polar surface area (TPSA) is 65.5 Å². The largest absolute Gasteiger partial charge is 0.470 e. The van der Waals surface area contributed by atoms with Crippen LogP contribution in [0, 0.1) is 0 Å². The molecule has 0 radical (unpaired) electrons. The number of hydrogen-bond acceptors (Lipinski definition) is 6. The zero-order valence-corrected chi connectivity index (χ0v) is 8.59. The third-order valence-corrected chi connectivity index (χ3v) is 2.20. The van der Waals surface area contributed by atoms with Crippen LogP contribution in [0.5, 0.6) is 5.19 Å². The fourth-order valence-electron chi connectivity index (χ4n) is 0.767. The van der Waals surface area contributed by atoms with E-state index in [0.29, 0.717) is 6.61 Å². The van der Waals surface area contributed by atoms with Gasteiger partial charge in [0.15, 0.2) is 0 Å². The number of methoxy groups -OCH3 is 1. The van der Waals surface area contributed by atoms with Gasteiger partial charge in [0, 0.05) is 6.07 Å². The van der Waals surface area contributed by atoms with E-state index in [9.17, 15) is 9.59 Å². The van der Waals surface area contributed by atoms with Crippen molar-refractivity contribution in [3.05, 3.63) is 21.3 Å². The molecular formula is C8H9NO4S. The minimum Gasteiger partial charge on any atom is -0.470 e. The highest BCUT2D eigenvalue weighted by Crippen LogP contribution is 2.16. The van der Waals surface area contributed by atoms with E-state index in [1.165, 1.54) is 7.11 Å². The van der Waals surface area contributed by atoms with Crippen molar-refractivity contribution in [3.63, 3.8) is 0 Å². The van der Waals surface area contributed by atoms with Gasteiger partial charge in [-0.05, 0) is 6.92 Å². The van der Waals surface area contributed by atoms with Crippen LogP contribution in [0.3, 0.4) is 0 Å². The first kappa shape index (κ1) is 10.6. The molecule has 0 aliphatic carbocycles. The van der Waals surface area contributed by atoms with E-state index in [1.54, 1.807) is 6.92 Å². The summed E-state index contributed by atoms with van der Waals surface area (Å²) in [6, 6.07) is 1.12. The van der Waals surface area contributed by atoms with Crippen LogP contribution in [0.2, 0.25) is 0 Å². The van der Waals surface area contributed by atoms with Gasteiger partial charge in [-0.1, -0.05) is 11.3 Å². The molecule has 5 nitrogen and oxygen atoms in total. The van der Waals surface area contributed by atoms with Crippen LogP contribution < -0.4 is 10.3 Å². The number of aromatic nitrogens is 1. The van der Waals surface area contributed by atoms with Crippen LogP contribution in [0.4, 0.5) is 0 Å². The molecule has 6 heteroatoms. The molecule has 0 N–H and O–H groups in total. The molecule has 0 bridgehead atoms. The Balaban J connectivity index is 3.07. The molecule has 0 spiro atoms. The molecule has 0 saturated carbocycles. The quantitative estimate of drug-likeness (QED) is 0.694. The summed E-state index contributed by atoms with van der Waals surface area (Å²) in [5.41, 5.74) is -0.507. The van der Waals surface area contributed by atoms with Crippen molar-refractivity contribution in [2.75, 3.05) is 13.7 Å². The molecule has 0 saturated heterocycles. The van der Waals surface area contributed by atoms with Crippen molar-refractivity contribution < 1.29 is 14.3 Å². The highest BCUT2D eigenvalue weighted by Gasteiger charge is 2.10. The third kappa shape index (κ3) is 2.53. The van der Waals surface area contributed by atoms with Gasteiger partial charge in [0.2, 0.25) is 0 Å². The summed E-state index contributed by atoms with van der Waals surface area (Å²) in [4.78, 5) is 25.9. The maximum atomic E-state index is 11.1. The molecule has 0 amide bonds. The smallest absolute Gasteiger partial charge is 0.348 e. The first-order valence-electron chi connectivity index (χ1n) is 3.90. The zero-order chi connectivity index (χ0) is 10.6. The predicted molar refractivity (Wildman–Crippen MR) is 50.9 cm³/mol. The highest BCUT2D eigenvalue weighted by molar-refractivity contribution is 7.15. The molecule has 0 atom stereocenters. The minimum absolute atomic E-state index is 0.181. The summed E-state index contributed by atoms with van der Waals surface area (Å²) < 4.78 is 9.50. The molecule has 1 aromatic rings. The molecule has 0 fully saturated rings. The molecule has 0 aliphatic rings. The summed E-state index contributed by atoms with van der Waals surface area (Å²) in [6.45, 7) is 2.16. The first-order valence-corrected chi connectivity index (χ1v) is 4.72. The Morgan fingerprint density at radius 1 is 1.64 bits per heavy atom. The van der Waals surface area contributed by atoms with Crippen molar-refractivity contribution in [1.29, 1.82) is 0 Å². The van der Waals surface area contributed by atoms with Crippen LogP contribution >= 0.6 is 11.3 Å². The van der Waals surface area contributed by atoms with Crippen molar-refractivity contribution >= 4 is 17.3 Å². The fourth-order valence-corrected chi connectivity index (χ4v) is 1.59. The standard InChI is InChI=1S/C8H9NO4S/c1-3-13-8-9-6(10)4-5(14-8)7(11)12-2/h4H,3H2,1-2H3. The number of hydrogen-bond donors (Lipinski definition) is 0. The van der Waals surface area contributed by atoms with E-state index in [-0.39, 0.29) is 10.1 Å². The minimum atomic E-state index is -0.560. The zero-order valence-electron chi connectivity index (χ0n) is 7.77. The van der Waals surface area contributed by atoms with E-state index in [0.717, 1.165) is 17.4 Å². The van der Waals surface area contributed by atoms with Crippen LogP contribution in [-0.2, 0) is 4.74 Å². The summed E-state index contributed by atoms with van der Waals surface area (Å²) >= 11 is 0.986. The lowest BCUT2D eigenvalue weighted by molar-refractivity contribution is 0.0605. The van der Waals surface area contributed by atoms with Crippen molar-refractivity contribution in [2.45, 2.75) is 6.92 Å². The second-order valence-corrected chi connectivity index (χ2v) is 3.24. The molecule has 0 aliphatic heterocycles. The molecule has 76 valence electrons. The molecule has 0 aromatic carbocycles. The lowest BCUT2D eigenvalue weighted by Crippen LogP contribution is -2.10. The van der Waals surface area contributed by atoms with Gasteiger partial charge in [-0.25, -0.2) is 4.79 Å². The van der Waals surface area contributed by atoms with Crippen LogP contribution in [0.25, 0.3) is 0 Å². The molecule has 1 aromatic heterocycles. The van der Waals surface area contributed by atoms with E-state index in [1.807, 2.05) is 0 Å². The highest BCUT2D eigenvalue weighted by atomic mass is 32.1. The first-order chi connectivity index (χ1) is 6.67. The third-order valence-electron chi connectivity index (χ3n) is 1.31. The molecule has 1 rings (SSSR count). The van der Waals surface area contributed by atoms with Gasteiger partial charge >= 0.3 is 5.97 Å². The molecular weight excluding hydrogens is 206 g/mol. The average molecular weight is 215 g/mol. The summed E-state index contributed by atoms with van der Waals surface area (Å²) in [7, 11) is 1.25. The Kier molecular flexibility index (Phi) is 3.58. The van der Waals surface area contributed by atoms with Crippen molar-refractivity contribution in [3.8, 4) is 5.19 Å². The number of rotatable bonds is 3. The molecule has 0 unspecified atom stereocenters. The molecule has 14 heavy (non-hydrogen) atoms. The van der Waals surface area contributed by atoms with Gasteiger partial charge in [0.1, 0.15) is 4.88 Å². The van der Waals surface area contributed by atoms with Crippen molar-refractivity contribution in [1.82, 2.24) is 4.98 Å². The van der Waals surface area contributed by atoms with E-state index in [2.05, 4.69) is 9.72 Å². The average Bonchev–Trinajstić information content (AvgIpc) is 2.16. The van der Waals surface area contributed by atoms with E-state index >= 15 is 0 Å². The predicted octanol–water partition coefficient (Wildman–Crippen LogP) is 0.689. The van der Waals surface area contributed by atoms with Crippen LogP contribution in [0.1, 0.15) is 16.6 Å². The Morgan fingerprint density at radius 2 is 2.36 bits per heavy atom. The maximum absolute atomic E-state index is 11.1. The normalized spacial score (nSPS) is 9.57. The number of esters is 1. The summed E-state index contributed by atoms with van der Waals surface area (Å²) in [5, 5.41) is 0.181. The second-order valence-electron chi connectivity index (χ2n) is 2.25. The lowest BCUT2D eigenvalue weighted by atomic mass is 10.5. The Hall–Kier alpha value is -1.43. The molecule has 1 heterocycles. The van der Waals surface area contributed by atoms with E-state index in [4.69, 9.17) is 4.74 Å². The summed E-state index contributed by atoms with van der Waals surface area (Å²) in [5.74, 6) is -0.560. The van der Waals surface area contributed by atoms with Gasteiger partial charge in [-0.3, -0.25) is 4.79 Å². The SMILES string of the molecule is CCOc1nc(=O)cc(C(=O)OC)s1. The van der Waals surface area contributed by atoms with Crippen LogP contribution in [0.15, 0.2) is 10.9 Å². The number of nitrogens with zero attached hydrogens (tertiary/aromatic N) is 1. The maximum Gasteiger partial charge on any atom is 0.348 e. The lowest BCUT2D eigenvalue weighted by Gasteiger charge is -2.01. The summed E-state index contributed by atoms with van der Waals surface area (Å²) in [6.07, 6.45) is 0. The van der Waals surface area contributed by atoms with Gasteiger partial charge in [0.25, 0.3) is 10.8 Å². The monoisotopic (exact) mass is 215 g/mol. The van der Waals surface area contributed by atoms with Gasteiger partial charge in [0.05, 0.1) is 13.7 Å². The number of carbonyl (C=O) groups excluding carboxylic acids is 1. The fraction of sp³-hybridized carbons (Fsp3) is 0.375. The van der Waals surface area contributed by atoms with Gasteiger partial charge in [-0.15, -0.1) is 0 Å². The number of carbonyl (C=O) groups is 1. The van der Waals surface area contributed by atoms with E-state index < -0.39 is 11.5 Å². The Morgan fingerprint density at radius 3 is 2.93 bits per heavy atom. The second kappa shape index (κ2) is 4.71. The Bertz CT molecular complexity index is 387. The van der Waals surface area contributed by atoms with Gasteiger partial charge < -0.3 is 9.47 Å². The Labute approximate surface area is 84.3 Å². The van der Waals surface area contributed by atoms with Crippen LogP contribution in [-0.4, -0.2) is 24.7 Å². The number of ether oxygens (including phenoxy) is 2. The van der Waals surface area contributed by atoms with Crippen molar-refractivity contribution in [2.24, 2.45) is 0 Å². The van der Waals surface area contributed by atoms with Gasteiger partial charge in [-0.2, -0.15) is 4.98 Å².